The van der Waals surface area contributed by atoms with Crippen molar-refractivity contribution in [3.05, 3.63) is 78.1 Å². The van der Waals surface area contributed by atoms with Crippen molar-refractivity contribution in [3.63, 3.8) is 0 Å². The quantitative estimate of drug-likeness (QED) is 0.645. The Labute approximate surface area is 181 Å². The number of hydrogen-bond acceptors (Lipinski definition) is 3. The summed E-state index contributed by atoms with van der Waals surface area (Å²) in [5.74, 6) is -0.659. The Balaban J connectivity index is 1.39. The second kappa shape index (κ2) is 8.77. The monoisotopic (exact) mass is 440 g/mol. The number of nitrogens with one attached hydrogen (secondary N) is 1. The van der Waals surface area contributed by atoms with Gasteiger partial charge in [-0.2, -0.15) is 4.31 Å². The van der Waals surface area contributed by atoms with E-state index in [1.807, 2.05) is 37.3 Å². The molecule has 1 aliphatic heterocycles. The molecule has 0 aliphatic carbocycles. The van der Waals surface area contributed by atoms with E-state index in [0.717, 1.165) is 16.3 Å². The zero-order chi connectivity index (χ0) is 22.0. The summed E-state index contributed by atoms with van der Waals surface area (Å²) in [7, 11) is -3.61. The van der Waals surface area contributed by atoms with E-state index in [1.54, 1.807) is 24.3 Å². The molecule has 4 rings (SSSR count). The predicted octanol–water partition coefficient (Wildman–Crippen LogP) is 4.26. The van der Waals surface area contributed by atoms with Gasteiger partial charge in [0.15, 0.2) is 0 Å². The number of rotatable bonds is 5. The third kappa shape index (κ3) is 4.62. The van der Waals surface area contributed by atoms with Crippen LogP contribution < -0.4 is 5.32 Å². The van der Waals surface area contributed by atoms with Crippen molar-refractivity contribution in [2.24, 2.45) is 5.92 Å². The van der Waals surface area contributed by atoms with Gasteiger partial charge in [-0.1, -0.05) is 42.5 Å². The van der Waals surface area contributed by atoms with E-state index in [2.05, 4.69) is 5.32 Å². The number of fused-ring (bicyclic) bond motifs is 1. The average molecular weight is 441 g/mol. The lowest BCUT2D eigenvalue weighted by Gasteiger charge is -2.31. The Hall–Kier alpha value is -2.77. The average Bonchev–Trinajstić information content (AvgIpc) is 2.79. The molecule has 1 heterocycles. The number of hydrogen-bond donors (Lipinski definition) is 1. The third-order valence-corrected chi connectivity index (χ3v) is 7.81. The maximum Gasteiger partial charge on any atom is 0.243 e. The summed E-state index contributed by atoms with van der Waals surface area (Å²) >= 11 is 0. The van der Waals surface area contributed by atoms with Crippen LogP contribution in [0.25, 0.3) is 10.8 Å². The van der Waals surface area contributed by atoms with Gasteiger partial charge in [-0.25, -0.2) is 12.8 Å². The summed E-state index contributed by atoms with van der Waals surface area (Å²) < 4.78 is 40.7. The lowest BCUT2D eigenvalue weighted by Crippen LogP contribution is -2.43. The van der Waals surface area contributed by atoms with Gasteiger partial charge in [0.2, 0.25) is 15.9 Å². The van der Waals surface area contributed by atoms with Crippen molar-refractivity contribution < 1.29 is 17.6 Å². The van der Waals surface area contributed by atoms with Gasteiger partial charge in [0.05, 0.1) is 10.9 Å². The molecule has 0 bridgehead atoms. The van der Waals surface area contributed by atoms with Crippen LogP contribution in [0.4, 0.5) is 4.39 Å². The fourth-order valence-corrected chi connectivity index (χ4v) is 5.51. The van der Waals surface area contributed by atoms with Crippen molar-refractivity contribution in [1.82, 2.24) is 9.62 Å². The second-order valence-corrected chi connectivity index (χ2v) is 9.91. The Morgan fingerprint density at radius 2 is 1.65 bits per heavy atom. The molecular weight excluding hydrogens is 415 g/mol. The van der Waals surface area contributed by atoms with Crippen LogP contribution >= 0.6 is 0 Å². The van der Waals surface area contributed by atoms with Crippen molar-refractivity contribution in [1.29, 1.82) is 0 Å². The number of sulfonamides is 1. The van der Waals surface area contributed by atoms with Crippen molar-refractivity contribution in [2.45, 2.75) is 30.7 Å². The first-order valence-electron chi connectivity index (χ1n) is 10.4. The highest BCUT2D eigenvalue weighted by atomic mass is 32.2. The standard InChI is InChI=1S/C24H25FN2O3S/c1-17(18-6-9-22(25)10-7-18)26-24(28)20-12-14-27(15-13-20)31(29,30)23-11-8-19-4-2-3-5-21(19)16-23/h2-11,16-17,20H,12-15H2,1H3,(H,26,28). The molecule has 5 nitrogen and oxygen atoms in total. The SMILES string of the molecule is CC(NC(=O)C1CCN(S(=O)(=O)c2ccc3ccccc3c2)CC1)c1ccc(F)cc1. The van der Waals surface area contributed by atoms with E-state index in [9.17, 15) is 17.6 Å². The zero-order valence-corrected chi connectivity index (χ0v) is 18.1. The van der Waals surface area contributed by atoms with Crippen LogP contribution in [-0.2, 0) is 14.8 Å². The van der Waals surface area contributed by atoms with Crippen LogP contribution in [0, 0.1) is 11.7 Å². The molecule has 162 valence electrons. The molecule has 1 N–H and O–H groups in total. The number of halogens is 1. The van der Waals surface area contributed by atoms with Gasteiger partial charge >= 0.3 is 0 Å². The van der Waals surface area contributed by atoms with Gasteiger partial charge in [0.25, 0.3) is 0 Å². The zero-order valence-electron chi connectivity index (χ0n) is 17.3. The normalized spacial score (nSPS) is 16.8. The van der Waals surface area contributed by atoms with Crippen LogP contribution in [0.15, 0.2) is 71.6 Å². The second-order valence-electron chi connectivity index (χ2n) is 7.97. The largest absolute Gasteiger partial charge is 0.349 e. The molecule has 1 aliphatic rings. The summed E-state index contributed by atoms with van der Waals surface area (Å²) in [6, 6.07) is 18.6. The maximum absolute atomic E-state index is 13.1. The molecule has 0 spiro atoms. The Morgan fingerprint density at radius 3 is 2.32 bits per heavy atom. The first kappa shape index (κ1) is 21.5. The van der Waals surface area contributed by atoms with Crippen LogP contribution in [-0.4, -0.2) is 31.7 Å². The van der Waals surface area contributed by atoms with Gasteiger partial charge in [-0.15, -0.1) is 0 Å². The molecule has 0 aromatic heterocycles. The van der Waals surface area contributed by atoms with Gasteiger partial charge in [0, 0.05) is 19.0 Å². The van der Waals surface area contributed by atoms with E-state index in [4.69, 9.17) is 0 Å². The van der Waals surface area contributed by atoms with E-state index in [0.29, 0.717) is 25.9 Å². The third-order valence-electron chi connectivity index (χ3n) is 5.91. The van der Waals surface area contributed by atoms with E-state index < -0.39 is 10.0 Å². The first-order chi connectivity index (χ1) is 14.8. The summed E-state index contributed by atoms with van der Waals surface area (Å²) in [6.45, 7) is 2.46. The smallest absolute Gasteiger partial charge is 0.243 e. The molecule has 1 unspecified atom stereocenters. The fraction of sp³-hybridized carbons (Fsp3) is 0.292. The summed E-state index contributed by atoms with van der Waals surface area (Å²) in [6.07, 6.45) is 0.934. The number of benzene rings is 3. The van der Waals surface area contributed by atoms with E-state index in [1.165, 1.54) is 16.4 Å². The molecule has 3 aromatic rings. The minimum Gasteiger partial charge on any atom is -0.349 e. The predicted molar refractivity (Wildman–Crippen MR) is 118 cm³/mol. The van der Waals surface area contributed by atoms with Crippen molar-refractivity contribution >= 4 is 26.7 Å². The number of amides is 1. The Morgan fingerprint density at radius 1 is 1.00 bits per heavy atom. The van der Waals surface area contributed by atoms with E-state index >= 15 is 0 Å². The molecule has 0 radical (unpaired) electrons. The van der Waals surface area contributed by atoms with Crippen molar-refractivity contribution in [3.8, 4) is 0 Å². The topological polar surface area (TPSA) is 66.5 Å². The first-order valence-corrected chi connectivity index (χ1v) is 11.8. The highest BCUT2D eigenvalue weighted by molar-refractivity contribution is 7.89. The highest BCUT2D eigenvalue weighted by Crippen LogP contribution is 2.27. The van der Waals surface area contributed by atoms with Crippen LogP contribution in [0.1, 0.15) is 31.4 Å². The number of carbonyl (C=O) groups is 1. The van der Waals surface area contributed by atoms with Crippen LogP contribution in [0.3, 0.4) is 0 Å². The van der Waals surface area contributed by atoms with Crippen molar-refractivity contribution in [2.75, 3.05) is 13.1 Å². The Kier molecular flexibility index (Phi) is 6.07. The number of nitrogens with zero attached hydrogens (tertiary/aromatic N) is 1. The molecule has 1 fully saturated rings. The molecular formula is C24H25FN2O3S. The molecule has 1 atom stereocenters. The fourth-order valence-electron chi connectivity index (χ4n) is 4.00. The lowest BCUT2D eigenvalue weighted by molar-refractivity contribution is -0.126. The minimum absolute atomic E-state index is 0.0976. The van der Waals surface area contributed by atoms with Crippen LogP contribution in [0.2, 0.25) is 0 Å². The molecule has 31 heavy (non-hydrogen) atoms. The van der Waals surface area contributed by atoms with Gasteiger partial charge < -0.3 is 5.32 Å². The maximum atomic E-state index is 13.1. The minimum atomic E-state index is -3.61. The summed E-state index contributed by atoms with van der Waals surface area (Å²) in [5, 5.41) is 4.84. The lowest BCUT2D eigenvalue weighted by atomic mass is 9.96. The summed E-state index contributed by atoms with van der Waals surface area (Å²) in [5.41, 5.74) is 0.825. The van der Waals surface area contributed by atoms with Gasteiger partial charge in [0.1, 0.15) is 5.82 Å². The number of carbonyl (C=O) groups excluding carboxylic acids is 1. The number of piperidine rings is 1. The van der Waals surface area contributed by atoms with Crippen LogP contribution in [0.5, 0.6) is 0 Å². The van der Waals surface area contributed by atoms with Gasteiger partial charge in [-0.05, 0) is 60.4 Å². The molecule has 1 saturated heterocycles. The molecule has 0 saturated carbocycles. The molecule has 3 aromatic carbocycles. The van der Waals surface area contributed by atoms with E-state index in [-0.39, 0.29) is 28.6 Å². The van der Waals surface area contributed by atoms with Gasteiger partial charge in [-0.3, -0.25) is 4.79 Å². The summed E-state index contributed by atoms with van der Waals surface area (Å²) in [4.78, 5) is 12.9. The Bertz CT molecular complexity index is 1190. The highest BCUT2D eigenvalue weighted by Gasteiger charge is 2.32. The molecule has 7 heteroatoms. The molecule has 1 amide bonds.